The van der Waals surface area contributed by atoms with E-state index in [1.165, 1.54) is 5.38 Å². The Balaban J connectivity index is 1.51. The lowest BCUT2D eigenvalue weighted by molar-refractivity contribution is -0.116. The monoisotopic (exact) mass is 359 g/mol. The lowest BCUT2D eigenvalue weighted by Crippen LogP contribution is -2.31. The summed E-state index contributed by atoms with van der Waals surface area (Å²) in [6.07, 6.45) is 0.379. The third-order valence-electron chi connectivity index (χ3n) is 3.63. The Hall–Kier alpha value is -3.07. The maximum Gasteiger partial charge on any atom is 0.355 e. The number of imide groups is 1. The fraction of sp³-hybridized carbons (Fsp3) is 0.188. The quantitative estimate of drug-likeness (QED) is 0.760. The molecule has 0 bridgehead atoms. The smallest absolute Gasteiger partial charge is 0.355 e. The van der Waals surface area contributed by atoms with Crippen molar-refractivity contribution in [1.82, 2.24) is 9.88 Å². The van der Waals surface area contributed by atoms with Crippen molar-refractivity contribution < 1.29 is 24.3 Å². The highest BCUT2D eigenvalue weighted by Gasteiger charge is 2.34. The van der Waals surface area contributed by atoms with Crippen LogP contribution in [0.3, 0.4) is 0 Å². The fourth-order valence-electron chi connectivity index (χ4n) is 2.45. The number of fused-ring (bicyclic) bond motifs is 1. The number of hydrogen-bond donors (Lipinski definition) is 2. The van der Waals surface area contributed by atoms with Gasteiger partial charge in [-0.2, -0.15) is 0 Å². The van der Waals surface area contributed by atoms with Crippen molar-refractivity contribution in [2.24, 2.45) is 0 Å². The first-order valence-corrected chi connectivity index (χ1v) is 8.29. The molecule has 0 saturated heterocycles. The highest BCUT2D eigenvalue weighted by Crippen LogP contribution is 2.22. The van der Waals surface area contributed by atoms with Crippen LogP contribution in [0.1, 0.15) is 44.0 Å². The van der Waals surface area contributed by atoms with Crippen molar-refractivity contribution in [2.45, 2.75) is 12.8 Å². The van der Waals surface area contributed by atoms with Gasteiger partial charge in [0.05, 0.1) is 11.1 Å². The van der Waals surface area contributed by atoms with Crippen LogP contribution in [0, 0.1) is 0 Å². The summed E-state index contributed by atoms with van der Waals surface area (Å²) < 4.78 is 0. The van der Waals surface area contributed by atoms with E-state index in [-0.39, 0.29) is 41.5 Å². The molecule has 0 saturated carbocycles. The summed E-state index contributed by atoms with van der Waals surface area (Å²) in [7, 11) is 0. The van der Waals surface area contributed by atoms with Gasteiger partial charge in [-0.1, -0.05) is 12.1 Å². The number of carboxylic acids is 1. The lowest BCUT2D eigenvalue weighted by atomic mass is 10.1. The molecule has 0 aliphatic carbocycles. The maximum atomic E-state index is 12.2. The third kappa shape index (κ3) is 3.41. The van der Waals surface area contributed by atoms with Gasteiger partial charge in [0.15, 0.2) is 10.8 Å². The zero-order valence-electron chi connectivity index (χ0n) is 12.9. The number of rotatable bonds is 6. The Labute approximate surface area is 146 Å². The average molecular weight is 359 g/mol. The number of nitrogens with one attached hydrogen (secondary N) is 1. The topological polar surface area (TPSA) is 117 Å². The molecule has 2 heterocycles. The minimum Gasteiger partial charge on any atom is -0.476 e. The van der Waals surface area contributed by atoms with Crippen LogP contribution in [0.4, 0.5) is 5.13 Å². The highest BCUT2D eigenvalue weighted by atomic mass is 32.1. The van der Waals surface area contributed by atoms with Gasteiger partial charge in [-0.3, -0.25) is 19.3 Å². The molecule has 0 atom stereocenters. The first-order valence-electron chi connectivity index (χ1n) is 7.41. The molecule has 0 radical (unpaired) electrons. The molecule has 3 amide bonds. The number of hydrogen-bond acceptors (Lipinski definition) is 6. The Morgan fingerprint density at radius 2 is 1.80 bits per heavy atom. The van der Waals surface area contributed by atoms with Gasteiger partial charge in [-0.15, -0.1) is 11.3 Å². The zero-order valence-corrected chi connectivity index (χ0v) is 13.7. The van der Waals surface area contributed by atoms with E-state index in [0.717, 1.165) is 16.2 Å². The van der Waals surface area contributed by atoms with E-state index < -0.39 is 5.97 Å². The zero-order chi connectivity index (χ0) is 18.0. The Morgan fingerprint density at radius 1 is 1.16 bits per heavy atom. The number of carboxylic acid groups (broad SMARTS) is 1. The molecule has 25 heavy (non-hydrogen) atoms. The fourth-order valence-corrected chi connectivity index (χ4v) is 3.15. The first kappa shape index (κ1) is 16.8. The summed E-state index contributed by atoms with van der Waals surface area (Å²) in [6.45, 7) is 0.137. The third-order valence-corrected chi connectivity index (χ3v) is 4.39. The molecular formula is C16H13N3O5S. The molecule has 1 aliphatic rings. The van der Waals surface area contributed by atoms with Gasteiger partial charge in [-0.05, 0) is 18.6 Å². The number of thiazole rings is 1. The minimum atomic E-state index is -1.16. The largest absolute Gasteiger partial charge is 0.476 e. The van der Waals surface area contributed by atoms with Crippen molar-refractivity contribution in [2.75, 3.05) is 11.9 Å². The molecule has 2 N–H and O–H groups in total. The summed E-state index contributed by atoms with van der Waals surface area (Å²) in [4.78, 5) is 51.8. The van der Waals surface area contributed by atoms with Gasteiger partial charge in [0.25, 0.3) is 11.8 Å². The van der Waals surface area contributed by atoms with Crippen LogP contribution in [0.5, 0.6) is 0 Å². The van der Waals surface area contributed by atoms with Gasteiger partial charge in [0.1, 0.15) is 0 Å². The van der Waals surface area contributed by atoms with Crippen LogP contribution >= 0.6 is 11.3 Å². The molecule has 0 unspecified atom stereocenters. The second-order valence-electron chi connectivity index (χ2n) is 5.30. The normalized spacial score (nSPS) is 13.0. The molecule has 1 aromatic heterocycles. The summed E-state index contributed by atoms with van der Waals surface area (Å²) >= 11 is 1.01. The van der Waals surface area contributed by atoms with Gasteiger partial charge >= 0.3 is 5.97 Å². The number of carbonyl (C=O) groups excluding carboxylic acids is 3. The molecule has 2 aromatic rings. The molecule has 3 rings (SSSR count). The Bertz CT molecular complexity index is 841. The molecule has 9 heteroatoms. The first-order chi connectivity index (χ1) is 12.0. The van der Waals surface area contributed by atoms with E-state index in [1.54, 1.807) is 24.3 Å². The second-order valence-corrected chi connectivity index (χ2v) is 6.16. The predicted octanol–water partition coefficient (Wildman–Crippen LogP) is 1.86. The van der Waals surface area contributed by atoms with Gasteiger partial charge in [0.2, 0.25) is 5.91 Å². The molecule has 8 nitrogen and oxygen atoms in total. The van der Waals surface area contributed by atoms with Crippen LogP contribution in [-0.4, -0.2) is 45.2 Å². The Kier molecular flexibility index (Phi) is 4.57. The van der Waals surface area contributed by atoms with Crippen LogP contribution in [0.2, 0.25) is 0 Å². The van der Waals surface area contributed by atoms with E-state index in [1.807, 2.05) is 0 Å². The average Bonchev–Trinajstić information content (AvgIpc) is 3.14. The van der Waals surface area contributed by atoms with Crippen molar-refractivity contribution in [1.29, 1.82) is 0 Å². The molecule has 1 aromatic carbocycles. The summed E-state index contributed by atoms with van der Waals surface area (Å²) in [5.74, 6) is -2.23. The minimum absolute atomic E-state index is 0.0788. The number of aromatic carboxylic acids is 1. The van der Waals surface area contributed by atoms with E-state index in [9.17, 15) is 19.2 Å². The molecular weight excluding hydrogens is 346 g/mol. The Morgan fingerprint density at radius 3 is 2.36 bits per heavy atom. The molecule has 0 spiro atoms. The summed E-state index contributed by atoms with van der Waals surface area (Å²) in [5, 5.41) is 12.8. The van der Waals surface area contributed by atoms with E-state index >= 15 is 0 Å². The number of carbonyl (C=O) groups is 4. The number of nitrogens with zero attached hydrogens (tertiary/aromatic N) is 2. The number of benzene rings is 1. The number of anilines is 1. The molecule has 0 fully saturated rings. The molecule has 1 aliphatic heterocycles. The summed E-state index contributed by atoms with van der Waals surface area (Å²) in [6, 6.07) is 6.59. The van der Waals surface area contributed by atoms with E-state index in [2.05, 4.69) is 10.3 Å². The van der Waals surface area contributed by atoms with Gasteiger partial charge in [-0.25, -0.2) is 9.78 Å². The van der Waals surface area contributed by atoms with Crippen LogP contribution in [0.15, 0.2) is 29.6 Å². The maximum absolute atomic E-state index is 12.2. The van der Waals surface area contributed by atoms with Crippen molar-refractivity contribution >= 4 is 40.2 Å². The SMILES string of the molecule is O=C(CCCN1C(=O)c2ccccc2C1=O)Nc1nc(C(=O)O)cs1. The van der Waals surface area contributed by atoms with Gasteiger partial charge in [0, 0.05) is 18.3 Å². The van der Waals surface area contributed by atoms with Crippen LogP contribution in [0.25, 0.3) is 0 Å². The number of aromatic nitrogens is 1. The van der Waals surface area contributed by atoms with Crippen molar-refractivity contribution in [3.63, 3.8) is 0 Å². The van der Waals surface area contributed by atoms with Crippen molar-refractivity contribution in [3.05, 3.63) is 46.5 Å². The second kappa shape index (κ2) is 6.81. The number of amides is 3. The van der Waals surface area contributed by atoms with E-state index in [0.29, 0.717) is 17.5 Å². The van der Waals surface area contributed by atoms with Crippen molar-refractivity contribution in [3.8, 4) is 0 Å². The van der Waals surface area contributed by atoms with Crippen LogP contribution < -0.4 is 5.32 Å². The predicted molar refractivity (Wildman–Crippen MR) is 88.7 cm³/mol. The van der Waals surface area contributed by atoms with Crippen LogP contribution in [-0.2, 0) is 4.79 Å². The van der Waals surface area contributed by atoms with E-state index in [4.69, 9.17) is 5.11 Å². The van der Waals surface area contributed by atoms with Gasteiger partial charge < -0.3 is 10.4 Å². The summed E-state index contributed by atoms with van der Waals surface area (Å²) in [5.41, 5.74) is 0.619. The molecule has 128 valence electrons. The highest BCUT2D eigenvalue weighted by molar-refractivity contribution is 7.14. The lowest BCUT2D eigenvalue weighted by Gasteiger charge is -2.13. The standard InChI is InChI=1S/C16H13N3O5S/c20-12(18-16-17-11(8-25-16)15(23)24)6-3-7-19-13(21)9-4-1-2-5-10(9)14(19)22/h1-2,4-5,8H,3,6-7H2,(H,23,24)(H,17,18,20).